The molecule has 2 rings (SSSR count). The van der Waals surface area contributed by atoms with Crippen molar-refractivity contribution in [3.63, 3.8) is 0 Å². The minimum absolute atomic E-state index is 0.428. The molecule has 0 aliphatic rings. The Labute approximate surface area is 123 Å². The van der Waals surface area contributed by atoms with Gasteiger partial charge in [0.1, 0.15) is 6.04 Å². The smallest absolute Gasteiger partial charge is 0.244 e. The van der Waals surface area contributed by atoms with Gasteiger partial charge in [0.05, 0.1) is 10.7 Å². The Balaban J connectivity index is 2.43. The zero-order valence-electron chi connectivity index (χ0n) is 11.5. The zero-order chi connectivity index (χ0) is 14.7. The minimum atomic E-state index is -0.601. The first-order chi connectivity index (χ1) is 9.50. The highest BCUT2D eigenvalue weighted by Gasteiger charge is 2.22. The SMILES string of the molecule is Cc1cccc(C)c1C(Nc1ccccc1Cl)C(N)=O. The molecule has 0 saturated carbocycles. The lowest BCUT2D eigenvalue weighted by Crippen LogP contribution is -2.29. The lowest BCUT2D eigenvalue weighted by molar-refractivity contribution is -0.118. The molecule has 0 bridgehead atoms. The summed E-state index contributed by atoms with van der Waals surface area (Å²) in [6, 6.07) is 12.6. The van der Waals surface area contributed by atoms with Crippen molar-refractivity contribution in [2.75, 3.05) is 5.32 Å². The van der Waals surface area contributed by atoms with Crippen molar-refractivity contribution in [3.05, 3.63) is 64.2 Å². The van der Waals surface area contributed by atoms with Crippen molar-refractivity contribution in [2.24, 2.45) is 5.73 Å². The van der Waals surface area contributed by atoms with E-state index in [1.807, 2.05) is 50.2 Å². The molecule has 1 amide bonds. The number of carbonyl (C=O) groups excluding carboxylic acids is 1. The minimum Gasteiger partial charge on any atom is -0.369 e. The van der Waals surface area contributed by atoms with Gasteiger partial charge in [0.25, 0.3) is 0 Å². The number of benzene rings is 2. The number of para-hydroxylation sites is 1. The second-order valence-corrected chi connectivity index (χ2v) is 5.17. The molecular weight excluding hydrogens is 272 g/mol. The Hall–Kier alpha value is -2.00. The highest BCUT2D eigenvalue weighted by Crippen LogP contribution is 2.29. The Morgan fingerprint density at radius 1 is 1.10 bits per heavy atom. The molecule has 0 spiro atoms. The topological polar surface area (TPSA) is 55.1 Å². The van der Waals surface area contributed by atoms with Crippen LogP contribution in [0.5, 0.6) is 0 Å². The van der Waals surface area contributed by atoms with Gasteiger partial charge < -0.3 is 11.1 Å². The molecule has 0 aliphatic heterocycles. The van der Waals surface area contributed by atoms with Crippen LogP contribution in [0.1, 0.15) is 22.7 Å². The number of anilines is 1. The normalized spacial score (nSPS) is 11.9. The summed E-state index contributed by atoms with van der Waals surface area (Å²) < 4.78 is 0. The van der Waals surface area contributed by atoms with Crippen molar-refractivity contribution >= 4 is 23.2 Å². The second kappa shape index (κ2) is 5.97. The number of rotatable bonds is 4. The van der Waals surface area contributed by atoms with Crippen LogP contribution in [-0.2, 0) is 4.79 Å². The molecular formula is C16H17ClN2O. The molecule has 0 aliphatic carbocycles. The van der Waals surface area contributed by atoms with Crippen LogP contribution in [0.15, 0.2) is 42.5 Å². The predicted octanol–water partition coefficient (Wildman–Crippen LogP) is 3.60. The third-order valence-electron chi connectivity index (χ3n) is 3.29. The number of carbonyl (C=O) groups is 1. The number of amides is 1. The standard InChI is InChI=1S/C16H17ClN2O/c1-10-6-5-7-11(2)14(10)15(16(18)20)19-13-9-4-3-8-12(13)17/h3-9,15,19H,1-2H3,(H2,18,20). The van der Waals surface area contributed by atoms with Gasteiger partial charge >= 0.3 is 0 Å². The van der Waals surface area contributed by atoms with Crippen LogP contribution in [0.25, 0.3) is 0 Å². The van der Waals surface area contributed by atoms with Crippen LogP contribution in [0.3, 0.4) is 0 Å². The van der Waals surface area contributed by atoms with Gasteiger partial charge in [-0.05, 0) is 42.7 Å². The molecule has 0 saturated heterocycles. The number of nitrogens with one attached hydrogen (secondary N) is 1. The van der Waals surface area contributed by atoms with Crippen molar-refractivity contribution in [2.45, 2.75) is 19.9 Å². The maximum absolute atomic E-state index is 11.8. The number of hydrogen-bond acceptors (Lipinski definition) is 2. The van der Waals surface area contributed by atoms with Crippen LogP contribution < -0.4 is 11.1 Å². The van der Waals surface area contributed by atoms with Crippen LogP contribution in [0.4, 0.5) is 5.69 Å². The van der Waals surface area contributed by atoms with Gasteiger partial charge in [-0.25, -0.2) is 0 Å². The lowest BCUT2D eigenvalue weighted by atomic mass is 9.95. The van der Waals surface area contributed by atoms with Crippen LogP contribution in [0, 0.1) is 13.8 Å². The number of nitrogens with two attached hydrogens (primary N) is 1. The summed E-state index contributed by atoms with van der Waals surface area (Å²) in [6.45, 7) is 3.93. The van der Waals surface area contributed by atoms with E-state index in [0.29, 0.717) is 10.7 Å². The van der Waals surface area contributed by atoms with E-state index in [9.17, 15) is 4.79 Å². The van der Waals surface area contributed by atoms with Crippen molar-refractivity contribution in [3.8, 4) is 0 Å². The van der Waals surface area contributed by atoms with Crippen molar-refractivity contribution < 1.29 is 4.79 Å². The van der Waals surface area contributed by atoms with E-state index in [0.717, 1.165) is 16.7 Å². The van der Waals surface area contributed by atoms with E-state index in [4.69, 9.17) is 17.3 Å². The molecule has 3 N–H and O–H groups in total. The van der Waals surface area contributed by atoms with E-state index in [1.165, 1.54) is 0 Å². The molecule has 0 radical (unpaired) electrons. The van der Waals surface area contributed by atoms with Gasteiger partial charge in [-0.15, -0.1) is 0 Å². The van der Waals surface area contributed by atoms with Crippen LogP contribution in [0.2, 0.25) is 5.02 Å². The summed E-state index contributed by atoms with van der Waals surface area (Å²) in [7, 11) is 0. The molecule has 1 unspecified atom stereocenters. The van der Waals surface area contributed by atoms with Gasteiger partial charge in [-0.2, -0.15) is 0 Å². The third-order valence-corrected chi connectivity index (χ3v) is 3.62. The Bertz CT molecular complexity index is 620. The number of primary amides is 1. The van der Waals surface area contributed by atoms with E-state index in [-0.39, 0.29) is 0 Å². The van der Waals surface area contributed by atoms with E-state index in [2.05, 4.69) is 5.32 Å². The van der Waals surface area contributed by atoms with Gasteiger partial charge in [-0.1, -0.05) is 41.9 Å². The summed E-state index contributed by atoms with van der Waals surface area (Å²) in [6.07, 6.45) is 0. The summed E-state index contributed by atoms with van der Waals surface area (Å²) in [5.74, 6) is -0.428. The maximum atomic E-state index is 11.8. The molecule has 2 aromatic rings. The summed E-state index contributed by atoms with van der Waals surface area (Å²) in [4.78, 5) is 11.8. The fourth-order valence-electron chi connectivity index (χ4n) is 2.30. The average Bonchev–Trinajstić information content (AvgIpc) is 2.39. The Morgan fingerprint density at radius 3 is 2.25 bits per heavy atom. The number of aryl methyl sites for hydroxylation is 2. The quantitative estimate of drug-likeness (QED) is 0.903. The molecule has 3 nitrogen and oxygen atoms in total. The van der Waals surface area contributed by atoms with Crippen molar-refractivity contribution in [1.82, 2.24) is 0 Å². The highest BCUT2D eigenvalue weighted by atomic mass is 35.5. The van der Waals surface area contributed by atoms with E-state index >= 15 is 0 Å². The Morgan fingerprint density at radius 2 is 1.70 bits per heavy atom. The summed E-state index contributed by atoms with van der Waals surface area (Å²) in [5, 5.41) is 3.70. The van der Waals surface area contributed by atoms with Crippen LogP contribution in [-0.4, -0.2) is 5.91 Å². The first-order valence-electron chi connectivity index (χ1n) is 6.37. The average molecular weight is 289 g/mol. The predicted molar refractivity (Wildman–Crippen MR) is 82.9 cm³/mol. The number of hydrogen-bond donors (Lipinski definition) is 2. The zero-order valence-corrected chi connectivity index (χ0v) is 12.2. The lowest BCUT2D eigenvalue weighted by Gasteiger charge is -2.21. The first kappa shape index (κ1) is 14.4. The van der Waals surface area contributed by atoms with Gasteiger partial charge in [-0.3, -0.25) is 4.79 Å². The van der Waals surface area contributed by atoms with Gasteiger partial charge in [0.2, 0.25) is 5.91 Å². The number of halogens is 1. The second-order valence-electron chi connectivity index (χ2n) is 4.77. The molecule has 1 atom stereocenters. The first-order valence-corrected chi connectivity index (χ1v) is 6.75. The van der Waals surface area contributed by atoms with E-state index in [1.54, 1.807) is 6.07 Å². The van der Waals surface area contributed by atoms with E-state index < -0.39 is 11.9 Å². The van der Waals surface area contributed by atoms with Crippen LogP contribution >= 0.6 is 11.6 Å². The molecule has 2 aromatic carbocycles. The summed E-state index contributed by atoms with van der Waals surface area (Å²) >= 11 is 6.13. The molecule has 20 heavy (non-hydrogen) atoms. The van der Waals surface area contributed by atoms with Crippen molar-refractivity contribution in [1.29, 1.82) is 0 Å². The fourth-order valence-corrected chi connectivity index (χ4v) is 2.49. The maximum Gasteiger partial charge on any atom is 0.244 e. The molecule has 4 heteroatoms. The molecule has 104 valence electrons. The molecule has 0 aromatic heterocycles. The summed E-state index contributed by atoms with van der Waals surface area (Å²) in [5.41, 5.74) is 9.20. The molecule has 0 fully saturated rings. The third kappa shape index (κ3) is 2.94. The Kier molecular flexibility index (Phi) is 4.30. The van der Waals surface area contributed by atoms with Gasteiger partial charge in [0.15, 0.2) is 0 Å². The van der Waals surface area contributed by atoms with Gasteiger partial charge in [0, 0.05) is 0 Å². The largest absolute Gasteiger partial charge is 0.369 e. The monoisotopic (exact) mass is 288 g/mol. The highest BCUT2D eigenvalue weighted by molar-refractivity contribution is 6.33. The molecule has 0 heterocycles. The fraction of sp³-hybridized carbons (Fsp3) is 0.188.